The third-order valence-electron chi connectivity index (χ3n) is 3.63. The first kappa shape index (κ1) is 15.9. The van der Waals surface area contributed by atoms with Crippen molar-refractivity contribution in [2.45, 2.75) is 27.3 Å². The van der Waals surface area contributed by atoms with Gasteiger partial charge in [0.25, 0.3) is 5.91 Å². The van der Waals surface area contributed by atoms with Crippen LogP contribution in [0.5, 0.6) is 0 Å². The van der Waals surface area contributed by atoms with E-state index in [1.807, 2.05) is 29.9 Å². The molecule has 0 fully saturated rings. The molecule has 0 unspecified atom stereocenters. The van der Waals surface area contributed by atoms with Crippen molar-refractivity contribution < 1.29 is 14.3 Å². The van der Waals surface area contributed by atoms with Crippen LogP contribution in [0, 0.1) is 13.8 Å². The number of carbonyl (C=O) groups excluding carboxylic acids is 2. The number of nitrogens with one attached hydrogen (secondary N) is 2. The maximum atomic E-state index is 12.4. The Kier molecular flexibility index (Phi) is 4.70. The monoisotopic (exact) mass is 303 g/mol. The van der Waals surface area contributed by atoms with Crippen molar-refractivity contribution in [3.63, 3.8) is 0 Å². The first-order chi connectivity index (χ1) is 10.5. The topological polar surface area (TPSA) is 76.1 Å². The van der Waals surface area contributed by atoms with Gasteiger partial charge in [-0.2, -0.15) is 0 Å². The molecule has 6 nitrogen and oxygen atoms in total. The number of hydrogen-bond donors (Lipinski definition) is 2. The quantitative estimate of drug-likeness (QED) is 0.830. The number of amides is 1. The SMILES string of the molecule is CCOC(=O)c1[nH]c(C)c(C(=O)NCc2cccn2C)c1C. The second-order valence-electron chi connectivity index (χ2n) is 5.14. The minimum Gasteiger partial charge on any atom is -0.461 e. The lowest BCUT2D eigenvalue weighted by atomic mass is 10.1. The van der Waals surface area contributed by atoms with Crippen LogP contribution in [0.4, 0.5) is 0 Å². The Hall–Kier alpha value is -2.50. The summed E-state index contributed by atoms with van der Waals surface area (Å²) in [5, 5.41) is 2.88. The molecule has 0 bridgehead atoms. The largest absolute Gasteiger partial charge is 0.461 e. The van der Waals surface area contributed by atoms with Crippen LogP contribution in [0.1, 0.15) is 44.7 Å². The summed E-state index contributed by atoms with van der Waals surface area (Å²) in [4.78, 5) is 27.2. The highest BCUT2D eigenvalue weighted by Crippen LogP contribution is 2.19. The molecule has 0 spiro atoms. The summed E-state index contributed by atoms with van der Waals surface area (Å²) in [5.74, 6) is -0.646. The number of nitrogens with zero attached hydrogens (tertiary/aromatic N) is 1. The lowest BCUT2D eigenvalue weighted by Crippen LogP contribution is -2.25. The summed E-state index contributed by atoms with van der Waals surface area (Å²) in [6.07, 6.45) is 1.92. The van der Waals surface area contributed by atoms with Gasteiger partial charge in [-0.15, -0.1) is 0 Å². The number of aromatic amines is 1. The summed E-state index contributed by atoms with van der Waals surface area (Å²) in [7, 11) is 1.92. The van der Waals surface area contributed by atoms with Gasteiger partial charge in [-0.05, 0) is 38.5 Å². The number of H-pyrrole nitrogens is 1. The Morgan fingerprint density at radius 2 is 2.09 bits per heavy atom. The second kappa shape index (κ2) is 6.51. The lowest BCUT2D eigenvalue weighted by Gasteiger charge is -2.07. The van der Waals surface area contributed by atoms with Crippen LogP contribution < -0.4 is 5.32 Å². The minimum atomic E-state index is -0.440. The van der Waals surface area contributed by atoms with Crippen LogP contribution in [0.2, 0.25) is 0 Å². The van der Waals surface area contributed by atoms with E-state index in [2.05, 4.69) is 10.3 Å². The van der Waals surface area contributed by atoms with E-state index >= 15 is 0 Å². The molecule has 22 heavy (non-hydrogen) atoms. The molecule has 118 valence electrons. The van der Waals surface area contributed by atoms with Gasteiger partial charge in [0.2, 0.25) is 0 Å². The predicted molar refractivity (Wildman–Crippen MR) is 82.8 cm³/mol. The number of hydrogen-bond acceptors (Lipinski definition) is 3. The molecule has 0 aromatic carbocycles. The van der Waals surface area contributed by atoms with E-state index in [0.29, 0.717) is 35.7 Å². The summed E-state index contributed by atoms with van der Waals surface area (Å²) < 4.78 is 6.93. The third-order valence-corrected chi connectivity index (χ3v) is 3.63. The summed E-state index contributed by atoms with van der Waals surface area (Å²) in [5.41, 5.74) is 3.11. The zero-order chi connectivity index (χ0) is 16.3. The Morgan fingerprint density at radius 3 is 2.68 bits per heavy atom. The standard InChI is InChI=1S/C16H21N3O3/c1-5-22-16(21)14-10(2)13(11(3)18-14)15(20)17-9-12-7-6-8-19(12)4/h6-8,18H,5,9H2,1-4H3,(H,17,20). The molecule has 2 aromatic heterocycles. The van der Waals surface area contributed by atoms with Crippen molar-refractivity contribution in [2.75, 3.05) is 6.61 Å². The molecule has 0 saturated carbocycles. The van der Waals surface area contributed by atoms with E-state index in [-0.39, 0.29) is 5.91 Å². The summed E-state index contributed by atoms with van der Waals surface area (Å²) in [6.45, 7) is 5.99. The fourth-order valence-corrected chi connectivity index (χ4v) is 2.44. The van der Waals surface area contributed by atoms with E-state index in [1.165, 1.54) is 0 Å². The minimum absolute atomic E-state index is 0.206. The highest BCUT2D eigenvalue weighted by molar-refractivity contribution is 6.01. The molecule has 0 aliphatic rings. The highest BCUT2D eigenvalue weighted by Gasteiger charge is 2.22. The van der Waals surface area contributed by atoms with Crippen LogP contribution in [0.25, 0.3) is 0 Å². The zero-order valence-corrected chi connectivity index (χ0v) is 13.3. The van der Waals surface area contributed by atoms with Gasteiger partial charge in [-0.3, -0.25) is 4.79 Å². The molecule has 0 aliphatic carbocycles. The number of carbonyl (C=O) groups is 2. The van der Waals surface area contributed by atoms with Crippen LogP contribution in [0.15, 0.2) is 18.3 Å². The molecule has 1 amide bonds. The van der Waals surface area contributed by atoms with Gasteiger partial charge in [-0.25, -0.2) is 4.79 Å². The van der Waals surface area contributed by atoms with Gasteiger partial charge >= 0.3 is 5.97 Å². The fraction of sp³-hybridized carbons (Fsp3) is 0.375. The summed E-state index contributed by atoms with van der Waals surface area (Å²) in [6, 6.07) is 3.87. The molecule has 2 heterocycles. The van der Waals surface area contributed by atoms with Crippen molar-refractivity contribution in [3.8, 4) is 0 Å². The maximum absolute atomic E-state index is 12.4. The normalized spacial score (nSPS) is 10.5. The predicted octanol–water partition coefficient (Wildman–Crippen LogP) is 2.08. The molecule has 2 N–H and O–H groups in total. The fourth-order valence-electron chi connectivity index (χ4n) is 2.44. The van der Waals surface area contributed by atoms with E-state index in [4.69, 9.17) is 4.74 Å². The van der Waals surface area contributed by atoms with E-state index in [9.17, 15) is 9.59 Å². The molecule has 0 aliphatic heterocycles. The van der Waals surface area contributed by atoms with Crippen LogP contribution in [0.3, 0.4) is 0 Å². The van der Waals surface area contributed by atoms with Gasteiger partial charge in [0.05, 0.1) is 18.7 Å². The second-order valence-corrected chi connectivity index (χ2v) is 5.14. The lowest BCUT2D eigenvalue weighted by molar-refractivity contribution is 0.0519. The maximum Gasteiger partial charge on any atom is 0.355 e. The van der Waals surface area contributed by atoms with E-state index < -0.39 is 5.97 Å². The van der Waals surface area contributed by atoms with Gasteiger partial charge in [-0.1, -0.05) is 0 Å². The van der Waals surface area contributed by atoms with Gasteiger partial charge in [0, 0.05) is 24.6 Å². The third kappa shape index (κ3) is 3.05. The van der Waals surface area contributed by atoms with Crippen molar-refractivity contribution in [1.82, 2.24) is 14.9 Å². The van der Waals surface area contributed by atoms with Crippen LogP contribution >= 0.6 is 0 Å². The summed E-state index contributed by atoms with van der Waals surface area (Å²) >= 11 is 0. The van der Waals surface area contributed by atoms with Crippen LogP contribution in [-0.4, -0.2) is 28.0 Å². The number of aryl methyl sites for hydroxylation is 2. The number of ether oxygens (including phenoxy) is 1. The Balaban J connectivity index is 2.16. The van der Waals surface area contributed by atoms with E-state index in [0.717, 1.165) is 5.69 Å². The Labute approximate surface area is 129 Å². The van der Waals surface area contributed by atoms with Crippen molar-refractivity contribution in [2.24, 2.45) is 7.05 Å². The molecular weight excluding hydrogens is 282 g/mol. The van der Waals surface area contributed by atoms with Gasteiger partial charge < -0.3 is 19.6 Å². The smallest absolute Gasteiger partial charge is 0.355 e. The van der Waals surface area contributed by atoms with Gasteiger partial charge in [0.15, 0.2) is 0 Å². The van der Waals surface area contributed by atoms with E-state index in [1.54, 1.807) is 20.8 Å². The molecular formula is C16H21N3O3. The van der Waals surface area contributed by atoms with Crippen molar-refractivity contribution in [3.05, 3.63) is 46.5 Å². The molecule has 0 radical (unpaired) electrons. The number of rotatable bonds is 5. The number of aromatic nitrogens is 2. The molecule has 6 heteroatoms. The molecule has 2 rings (SSSR count). The molecule has 2 aromatic rings. The van der Waals surface area contributed by atoms with Crippen LogP contribution in [-0.2, 0) is 18.3 Å². The molecule has 0 saturated heterocycles. The Bertz CT molecular complexity index is 698. The molecule has 0 atom stereocenters. The first-order valence-electron chi connectivity index (χ1n) is 7.20. The van der Waals surface area contributed by atoms with Gasteiger partial charge in [0.1, 0.15) is 5.69 Å². The number of esters is 1. The van der Waals surface area contributed by atoms with Crippen molar-refractivity contribution in [1.29, 1.82) is 0 Å². The van der Waals surface area contributed by atoms with Crippen molar-refractivity contribution >= 4 is 11.9 Å². The average Bonchev–Trinajstić information content (AvgIpc) is 3.00. The Morgan fingerprint density at radius 1 is 1.36 bits per heavy atom. The first-order valence-corrected chi connectivity index (χ1v) is 7.20. The highest BCUT2D eigenvalue weighted by atomic mass is 16.5. The zero-order valence-electron chi connectivity index (χ0n) is 13.3. The average molecular weight is 303 g/mol.